The minimum Gasteiger partial charge on any atom is -0.459 e. The maximum atomic E-state index is 13.0. The Balaban J connectivity index is 1.96. The van der Waals surface area contributed by atoms with E-state index in [1.54, 1.807) is 20.8 Å². The van der Waals surface area contributed by atoms with Crippen molar-refractivity contribution in [2.45, 2.75) is 33.4 Å². The Morgan fingerprint density at radius 3 is 2.56 bits per heavy atom. The third-order valence-electron chi connectivity index (χ3n) is 3.93. The van der Waals surface area contributed by atoms with Gasteiger partial charge in [-0.05, 0) is 50.6 Å². The van der Waals surface area contributed by atoms with E-state index in [2.05, 4.69) is 4.98 Å². The fourth-order valence-electron chi connectivity index (χ4n) is 2.62. The summed E-state index contributed by atoms with van der Waals surface area (Å²) in [7, 11) is 0. The minimum absolute atomic E-state index is 0.228. The van der Waals surface area contributed by atoms with Gasteiger partial charge in [-0.3, -0.25) is 14.2 Å². The van der Waals surface area contributed by atoms with Crippen LogP contribution in [0.2, 0.25) is 0 Å². The van der Waals surface area contributed by atoms with Crippen LogP contribution in [0.3, 0.4) is 0 Å². The number of carbonyl (C=O) groups is 2. The van der Waals surface area contributed by atoms with Gasteiger partial charge < -0.3 is 4.74 Å². The maximum Gasteiger partial charge on any atom is 0.348 e. The highest BCUT2D eigenvalue weighted by atomic mass is 32.1. The average Bonchev–Trinajstić information content (AvgIpc) is 2.95. The lowest BCUT2D eigenvalue weighted by Crippen LogP contribution is -2.24. The fourth-order valence-corrected chi connectivity index (χ4v) is 3.64. The zero-order valence-corrected chi connectivity index (χ0v) is 15.8. The molecule has 140 valence electrons. The highest BCUT2D eigenvalue weighted by Gasteiger charge is 2.21. The molecule has 1 aromatic carbocycles. The molecule has 2 heterocycles. The Morgan fingerprint density at radius 1 is 1.26 bits per heavy atom. The van der Waals surface area contributed by atoms with Crippen LogP contribution >= 0.6 is 11.3 Å². The SMILES string of the molecule is Cc1c(C(=O)OC(C)C)sc2ncn(CC(=O)c3ccc(F)cc3)c(=O)c12. The number of aryl methyl sites for hydroxylation is 1. The van der Waals surface area contributed by atoms with Crippen LogP contribution in [-0.2, 0) is 11.3 Å². The van der Waals surface area contributed by atoms with Gasteiger partial charge in [0.15, 0.2) is 5.78 Å². The first kappa shape index (κ1) is 18.9. The molecule has 0 saturated heterocycles. The van der Waals surface area contributed by atoms with Gasteiger partial charge in [0.1, 0.15) is 15.5 Å². The summed E-state index contributed by atoms with van der Waals surface area (Å²) >= 11 is 1.09. The third kappa shape index (κ3) is 3.80. The topological polar surface area (TPSA) is 78.3 Å². The van der Waals surface area contributed by atoms with Crippen molar-refractivity contribution in [1.82, 2.24) is 9.55 Å². The van der Waals surface area contributed by atoms with Crippen LogP contribution in [-0.4, -0.2) is 27.4 Å². The quantitative estimate of drug-likeness (QED) is 0.495. The molecule has 6 nitrogen and oxygen atoms in total. The monoisotopic (exact) mass is 388 g/mol. The zero-order chi connectivity index (χ0) is 19.7. The summed E-state index contributed by atoms with van der Waals surface area (Å²) in [6.07, 6.45) is 1.000. The Labute approximate surface area is 158 Å². The van der Waals surface area contributed by atoms with Crippen LogP contribution in [0.15, 0.2) is 35.4 Å². The van der Waals surface area contributed by atoms with E-state index < -0.39 is 17.3 Å². The Hall–Kier alpha value is -2.87. The predicted octanol–water partition coefficient (Wildman–Crippen LogP) is 3.35. The third-order valence-corrected chi connectivity index (χ3v) is 5.11. The molecule has 0 aliphatic carbocycles. The lowest BCUT2D eigenvalue weighted by molar-refractivity contribution is 0.0383. The summed E-state index contributed by atoms with van der Waals surface area (Å²) in [4.78, 5) is 42.3. The molecule has 0 N–H and O–H groups in total. The molecule has 8 heteroatoms. The van der Waals surface area contributed by atoms with Crippen molar-refractivity contribution < 1.29 is 18.7 Å². The number of halogens is 1. The van der Waals surface area contributed by atoms with Crippen molar-refractivity contribution in [2.24, 2.45) is 0 Å². The molecule has 0 saturated carbocycles. The van der Waals surface area contributed by atoms with Gasteiger partial charge in [-0.15, -0.1) is 11.3 Å². The number of esters is 1. The van der Waals surface area contributed by atoms with Gasteiger partial charge in [-0.25, -0.2) is 14.2 Å². The molecule has 0 unspecified atom stereocenters. The minimum atomic E-state index is -0.501. The molecule has 3 rings (SSSR count). The smallest absolute Gasteiger partial charge is 0.348 e. The van der Waals surface area contributed by atoms with Crippen LogP contribution in [0.5, 0.6) is 0 Å². The number of carbonyl (C=O) groups excluding carboxylic acids is 2. The van der Waals surface area contributed by atoms with E-state index in [1.165, 1.54) is 35.2 Å². The molecule has 0 bridgehead atoms. The molecule has 0 radical (unpaired) electrons. The maximum absolute atomic E-state index is 13.0. The van der Waals surface area contributed by atoms with Gasteiger partial charge in [0.05, 0.1) is 24.4 Å². The van der Waals surface area contributed by atoms with E-state index in [1.807, 2.05) is 0 Å². The number of ketones is 1. The summed E-state index contributed by atoms with van der Waals surface area (Å²) in [5.74, 6) is -1.29. The molecule has 0 fully saturated rings. The molecule has 0 spiro atoms. The zero-order valence-electron chi connectivity index (χ0n) is 15.0. The number of ether oxygens (including phenoxy) is 1. The number of benzene rings is 1. The van der Waals surface area contributed by atoms with Crippen LogP contribution in [0.1, 0.15) is 39.4 Å². The van der Waals surface area contributed by atoms with Crippen LogP contribution in [0.25, 0.3) is 10.2 Å². The van der Waals surface area contributed by atoms with Gasteiger partial charge in [0.2, 0.25) is 0 Å². The molecule has 0 atom stereocenters. The second-order valence-corrected chi connectivity index (χ2v) is 7.30. The van der Waals surface area contributed by atoms with Crippen molar-refractivity contribution in [3.05, 3.63) is 62.8 Å². The molecule has 0 aliphatic rings. The van der Waals surface area contributed by atoms with Gasteiger partial charge in [-0.2, -0.15) is 0 Å². The predicted molar refractivity (Wildman–Crippen MR) is 99.9 cm³/mol. The molecule has 0 aliphatic heterocycles. The first-order valence-corrected chi connectivity index (χ1v) is 9.08. The lowest BCUT2D eigenvalue weighted by atomic mass is 10.1. The Bertz CT molecular complexity index is 1080. The number of aromatic nitrogens is 2. The van der Waals surface area contributed by atoms with E-state index in [-0.39, 0.29) is 18.4 Å². The first-order valence-electron chi connectivity index (χ1n) is 8.26. The summed E-state index contributed by atoms with van der Waals surface area (Å²) in [5, 5.41) is 0.296. The highest BCUT2D eigenvalue weighted by Crippen LogP contribution is 2.27. The van der Waals surface area contributed by atoms with Gasteiger partial charge in [-0.1, -0.05) is 0 Å². The summed E-state index contributed by atoms with van der Waals surface area (Å²) < 4.78 is 19.4. The summed E-state index contributed by atoms with van der Waals surface area (Å²) in [5.41, 5.74) is 0.376. The van der Waals surface area contributed by atoms with E-state index in [4.69, 9.17) is 4.74 Å². The number of Topliss-reactive ketones (excluding diaryl/α,β-unsaturated/α-hetero) is 1. The summed E-state index contributed by atoms with van der Waals surface area (Å²) in [6, 6.07) is 5.11. The Kier molecular flexibility index (Phi) is 5.18. The fraction of sp³-hybridized carbons (Fsp3) is 0.263. The molecule has 2 aromatic heterocycles. The highest BCUT2D eigenvalue weighted by molar-refractivity contribution is 7.20. The van der Waals surface area contributed by atoms with Gasteiger partial charge in [0.25, 0.3) is 5.56 Å². The number of rotatable bonds is 5. The normalized spacial score (nSPS) is 11.1. The van der Waals surface area contributed by atoms with Crippen molar-refractivity contribution in [3.8, 4) is 0 Å². The molecule has 3 aromatic rings. The van der Waals surface area contributed by atoms with Crippen LogP contribution in [0.4, 0.5) is 4.39 Å². The largest absolute Gasteiger partial charge is 0.459 e. The molecular weight excluding hydrogens is 371 g/mol. The lowest BCUT2D eigenvalue weighted by Gasteiger charge is -2.06. The van der Waals surface area contributed by atoms with Crippen molar-refractivity contribution in [3.63, 3.8) is 0 Å². The second kappa shape index (κ2) is 7.40. The molecule has 0 amide bonds. The van der Waals surface area contributed by atoms with E-state index in [9.17, 15) is 18.8 Å². The van der Waals surface area contributed by atoms with Crippen molar-refractivity contribution >= 4 is 33.3 Å². The van der Waals surface area contributed by atoms with Gasteiger partial charge in [0, 0.05) is 5.56 Å². The number of fused-ring (bicyclic) bond motifs is 1. The number of thiophene rings is 1. The van der Waals surface area contributed by atoms with E-state index in [0.717, 1.165) is 11.3 Å². The van der Waals surface area contributed by atoms with Crippen LogP contribution in [0, 0.1) is 12.7 Å². The molecule has 27 heavy (non-hydrogen) atoms. The summed E-state index contributed by atoms with van der Waals surface area (Å²) in [6.45, 7) is 4.92. The Morgan fingerprint density at radius 2 is 1.93 bits per heavy atom. The number of hydrogen-bond donors (Lipinski definition) is 0. The van der Waals surface area contributed by atoms with Crippen molar-refractivity contribution in [2.75, 3.05) is 0 Å². The average molecular weight is 388 g/mol. The molecular formula is C19H17FN2O4S. The standard InChI is InChI=1S/C19H17FN2O4S/c1-10(2)26-19(25)16-11(3)15-17(27-16)21-9-22(18(15)24)8-14(23)12-4-6-13(20)7-5-12/h4-7,9-10H,8H2,1-3H3. The number of hydrogen-bond acceptors (Lipinski definition) is 6. The number of nitrogens with zero attached hydrogens (tertiary/aromatic N) is 2. The second-order valence-electron chi connectivity index (χ2n) is 6.30. The van der Waals surface area contributed by atoms with Gasteiger partial charge >= 0.3 is 5.97 Å². The first-order chi connectivity index (χ1) is 12.8. The van der Waals surface area contributed by atoms with Crippen LogP contribution < -0.4 is 5.56 Å². The van der Waals surface area contributed by atoms with E-state index in [0.29, 0.717) is 26.2 Å². The van der Waals surface area contributed by atoms with E-state index >= 15 is 0 Å². The van der Waals surface area contributed by atoms with Crippen molar-refractivity contribution in [1.29, 1.82) is 0 Å².